The maximum atomic E-state index is 13.4. The van der Waals surface area contributed by atoms with E-state index >= 15 is 0 Å². The van der Waals surface area contributed by atoms with Crippen LogP contribution in [-0.2, 0) is 4.79 Å². The molecule has 0 aliphatic rings. The van der Waals surface area contributed by atoms with E-state index in [-0.39, 0.29) is 23.1 Å². The number of imidazole rings is 1. The summed E-state index contributed by atoms with van der Waals surface area (Å²) in [4.78, 5) is 19.3. The molecule has 2 N–H and O–H groups in total. The number of rotatable bonds is 6. The average Bonchev–Trinajstić information content (AvgIpc) is 3.20. The van der Waals surface area contributed by atoms with E-state index in [4.69, 9.17) is 16.3 Å². The summed E-state index contributed by atoms with van der Waals surface area (Å²) in [5.74, 6) is -0.0498. The van der Waals surface area contributed by atoms with E-state index < -0.39 is 5.82 Å². The van der Waals surface area contributed by atoms with Gasteiger partial charge in [-0.1, -0.05) is 35.9 Å². The normalized spacial score (nSPS) is 11.2. The van der Waals surface area contributed by atoms with E-state index in [0.29, 0.717) is 33.9 Å². The second kappa shape index (κ2) is 9.33. The zero-order valence-electron chi connectivity index (χ0n) is 16.6. The van der Waals surface area contributed by atoms with E-state index in [1.54, 1.807) is 36.4 Å². The quantitative estimate of drug-likeness (QED) is 0.386. The first-order valence-corrected chi connectivity index (χ1v) is 9.94. The Balaban J connectivity index is 1.47. The van der Waals surface area contributed by atoms with Gasteiger partial charge in [0.25, 0.3) is 5.91 Å². The number of allylic oxidation sites excluding steroid dienone is 1. The van der Waals surface area contributed by atoms with Crippen LogP contribution in [-0.4, -0.2) is 22.5 Å². The molecular weight excluding hydrogens is 431 g/mol. The molecule has 4 aromatic rings. The Morgan fingerprint density at radius 1 is 1.19 bits per heavy atom. The van der Waals surface area contributed by atoms with Crippen molar-refractivity contribution in [3.63, 3.8) is 0 Å². The number of H-pyrrole nitrogens is 1. The monoisotopic (exact) mass is 446 g/mol. The summed E-state index contributed by atoms with van der Waals surface area (Å²) >= 11 is 6.29. The molecule has 0 unspecified atom stereocenters. The first-order chi connectivity index (χ1) is 15.5. The first-order valence-electron chi connectivity index (χ1n) is 9.56. The van der Waals surface area contributed by atoms with Crippen molar-refractivity contribution in [1.29, 1.82) is 5.26 Å². The lowest BCUT2D eigenvalue weighted by Gasteiger charge is -2.09. The highest BCUT2D eigenvalue weighted by Crippen LogP contribution is 2.28. The van der Waals surface area contributed by atoms with Crippen molar-refractivity contribution in [2.24, 2.45) is 0 Å². The minimum atomic E-state index is -0.394. The Labute approximate surface area is 187 Å². The predicted octanol–water partition coefficient (Wildman–Crippen LogP) is 5.44. The number of amides is 1. The number of nitrogens with zero attached hydrogens (tertiary/aromatic N) is 2. The summed E-state index contributed by atoms with van der Waals surface area (Å²) in [6.45, 7) is -0.206. The maximum Gasteiger partial charge on any atom is 0.262 e. The molecule has 0 saturated carbocycles. The smallest absolute Gasteiger partial charge is 0.262 e. The van der Waals surface area contributed by atoms with Gasteiger partial charge in [0.2, 0.25) is 0 Å². The Morgan fingerprint density at radius 2 is 2.00 bits per heavy atom. The number of hydrogen-bond donors (Lipinski definition) is 2. The van der Waals surface area contributed by atoms with Crippen molar-refractivity contribution in [3.8, 4) is 11.8 Å². The zero-order chi connectivity index (χ0) is 22.5. The van der Waals surface area contributed by atoms with Crippen molar-refractivity contribution < 1.29 is 13.9 Å². The third-order valence-corrected chi connectivity index (χ3v) is 4.80. The summed E-state index contributed by atoms with van der Waals surface area (Å²) in [7, 11) is 0. The molecule has 1 aromatic heterocycles. The fraction of sp³-hybridized carbons (Fsp3) is 0.0417. The molecule has 0 bridgehead atoms. The van der Waals surface area contributed by atoms with Gasteiger partial charge in [0.05, 0.1) is 21.6 Å². The molecule has 1 heterocycles. The molecule has 1 amide bonds. The molecule has 3 aromatic carbocycles. The molecule has 32 heavy (non-hydrogen) atoms. The van der Waals surface area contributed by atoms with Gasteiger partial charge in [-0.3, -0.25) is 4.79 Å². The molecule has 0 spiro atoms. The predicted molar refractivity (Wildman–Crippen MR) is 122 cm³/mol. The number of aromatic amines is 1. The average molecular weight is 447 g/mol. The molecule has 0 atom stereocenters. The number of anilines is 1. The third-order valence-electron chi connectivity index (χ3n) is 4.50. The molecule has 158 valence electrons. The van der Waals surface area contributed by atoms with Crippen LogP contribution < -0.4 is 10.1 Å². The van der Waals surface area contributed by atoms with Crippen LogP contribution in [0.1, 0.15) is 11.4 Å². The molecule has 0 saturated heterocycles. The standard InChI is InChI=1S/C24H16ClFN4O2/c25-19-11-15(6-9-22(19)32-14-23(31)28-18-4-2-1-3-5-18)10-16(13-27)24-29-20-8-7-17(26)12-21(20)30-24/h1-12H,14H2,(H,28,31)(H,29,30)/b16-10-. The van der Waals surface area contributed by atoms with E-state index in [2.05, 4.69) is 21.4 Å². The van der Waals surface area contributed by atoms with Crippen molar-refractivity contribution in [2.75, 3.05) is 11.9 Å². The number of nitriles is 1. The van der Waals surface area contributed by atoms with E-state index in [9.17, 15) is 14.4 Å². The lowest BCUT2D eigenvalue weighted by molar-refractivity contribution is -0.118. The van der Waals surface area contributed by atoms with Gasteiger partial charge >= 0.3 is 0 Å². The van der Waals surface area contributed by atoms with Gasteiger partial charge in [-0.25, -0.2) is 9.37 Å². The molecule has 0 aliphatic carbocycles. The lowest BCUT2D eigenvalue weighted by Crippen LogP contribution is -2.20. The minimum Gasteiger partial charge on any atom is -0.482 e. The summed E-state index contributed by atoms with van der Waals surface area (Å²) in [6.07, 6.45) is 1.60. The van der Waals surface area contributed by atoms with Crippen molar-refractivity contribution in [2.45, 2.75) is 0 Å². The van der Waals surface area contributed by atoms with Crippen LogP contribution in [0, 0.1) is 17.1 Å². The maximum absolute atomic E-state index is 13.4. The number of carbonyl (C=O) groups is 1. The Hall–Kier alpha value is -4.15. The number of fused-ring (bicyclic) bond motifs is 1. The molecule has 8 heteroatoms. The number of carbonyl (C=O) groups excluding carboxylic acids is 1. The number of benzene rings is 3. The van der Waals surface area contributed by atoms with Crippen LogP contribution in [0.2, 0.25) is 5.02 Å². The van der Waals surface area contributed by atoms with Gasteiger partial charge in [0.15, 0.2) is 6.61 Å². The minimum absolute atomic E-state index is 0.206. The molecule has 0 aliphatic heterocycles. The number of hydrogen-bond acceptors (Lipinski definition) is 4. The van der Waals surface area contributed by atoms with Gasteiger partial charge in [-0.15, -0.1) is 0 Å². The van der Waals surface area contributed by atoms with Gasteiger partial charge in [-0.05, 0) is 54.1 Å². The zero-order valence-corrected chi connectivity index (χ0v) is 17.4. The van der Waals surface area contributed by atoms with Gasteiger partial charge < -0.3 is 15.0 Å². The molecule has 4 rings (SSSR count). The molecular formula is C24H16ClFN4O2. The fourth-order valence-electron chi connectivity index (χ4n) is 3.02. The summed E-state index contributed by atoms with van der Waals surface area (Å²) in [5.41, 5.74) is 2.62. The number of ether oxygens (including phenoxy) is 1. The van der Waals surface area contributed by atoms with Crippen LogP contribution in [0.5, 0.6) is 5.75 Å². The topological polar surface area (TPSA) is 90.8 Å². The Morgan fingerprint density at radius 3 is 2.75 bits per heavy atom. The van der Waals surface area contributed by atoms with Gasteiger partial charge in [-0.2, -0.15) is 5.26 Å². The van der Waals surface area contributed by atoms with E-state index in [1.165, 1.54) is 18.2 Å². The van der Waals surface area contributed by atoms with E-state index in [1.807, 2.05) is 18.2 Å². The SMILES string of the molecule is N#C/C(=C/c1ccc(OCC(=O)Nc2ccccc2)c(Cl)c1)c1nc2ccc(F)cc2[nH]1. The van der Waals surface area contributed by atoms with Crippen molar-refractivity contribution in [1.82, 2.24) is 9.97 Å². The second-order valence-corrected chi connectivity index (χ2v) is 7.22. The fourth-order valence-corrected chi connectivity index (χ4v) is 3.26. The number of para-hydroxylation sites is 1. The third kappa shape index (κ3) is 4.94. The number of halogens is 2. The van der Waals surface area contributed by atoms with Crippen LogP contribution in [0.3, 0.4) is 0 Å². The summed E-state index contributed by atoms with van der Waals surface area (Å²) in [6, 6.07) is 20.2. The highest BCUT2D eigenvalue weighted by Gasteiger charge is 2.11. The van der Waals surface area contributed by atoms with Gasteiger partial charge in [0, 0.05) is 5.69 Å². The van der Waals surface area contributed by atoms with Crippen molar-refractivity contribution >= 4 is 45.9 Å². The van der Waals surface area contributed by atoms with Crippen LogP contribution in [0.25, 0.3) is 22.7 Å². The highest BCUT2D eigenvalue weighted by molar-refractivity contribution is 6.32. The van der Waals surface area contributed by atoms with Gasteiger partial charge in [0.1, 0.15) is 23.5 Å². The molecule has 6 nitrogen and oxygen atoms in total. The van der Waals surface area contributed by atoms with Crippen LogP contribution >= 0.6 is 11.6 Å². The Kier molecular flexibility index (Phi) is 6.15. The lowest BCUT2D eigenvalue weighted by atomic mass is 10.1. The number of aromatic nitrogens is 2. The van der Waals surface area contributed by atoms with Crippen LogP contribution in [0.4, 0.5) is 10.1 Å². The van der Waals surface area contributed by atoms with Crippen LogP contribution in [0.15, 0.2) is 66.7 Å². The highest BCUT2D eigenvalue weighted by atomic mass is 35.5. The second-order valence-electron chi connectivity index (χ2n) is 6.81. The van der Waals surface area contributed by atoms with Crippen molar-refractivity contribution in [3.05, 3.63) is 89.0 Å². The number of nitrogens with one attached hydrogen (secondary N) is 2. The summed E-state index contributed by atoms with van der Waals surface area (Å²) < 4.78 is 18.9. The first kappa shape index (κ1) is 21.1. The Bertz CT molecular complexity index is 1360. The molecule has 0 radical (unpaired) electrons. The van der Waals surface area contributed by atoms with E-state index in [0.717, 1.165) is 0 Å². The largest absolute Gasteiger partial charge is 0.482 e. The summed E-state index contributed by atoms with van der Waals surface area (Å²) in [5, 5.41) is 12.6. The molecule has 0 fully saturated rings.